The van der Waals surface area contributed by atoms with Gasteiger partial charge in [-0.15, -0.1) is 0 Å². The van der Waals surface area contributed by atoms with E-state index in [-0.39, 0.29) is 30.2 Å². The molecule has 0 saturated carbocycles. The van der Waals surface area contributed by atoms with Gasteiger partial charge in [0.15, 0.2) is 0 Å². The molecule has 4 saturated heterocycles. The van der Waals surface area contributed by atoms with Crippen molar-refractivity contribution in [3.63, 3.8) is 0 Å². The lowest BCUT2D eigenvalue weighted by Crippen LogP contribution is -2.59. The lowest BCUT2D eigenvalue weighted by molar-refractivity contribution is -0.151. The van der Waals surface area contributed by atoms with Crippen LogP contribution in [0.3, 0.4) is 0 Å². The maximum atomic E-state index is 14.4. The second-order valence-electron chi connectivity index (χ2n) is 12.3. The molecule has 42 heavy (non-hydrogen) atoms. The SMILES string of the molecule is CCOc1ccc(NC(=O)[C@@H]2[C@H]3C(=O)N([C@@H](CO)C(C)C)C(C(=O)NCCN4CCOCC4)C34CC[C@@]2(CC)O4)cc1. The van der Waals surface area contributed by atoms with E-state index < -0.39 is 35.1 Å². The number of benzene rings is 1. The van der Waals surface area contributed by atoms with Crippen molar-refractivity contribution < 1.29 is 33.7 Å². The van der Waals surface area contributed by atoms with Crippen molar-refractivity contribution in [2.75, 3.05) is 57.9 Å². The van der Waals surface area contributed by atoms with Crippen molar-refractivity contribution in [2.24, 2.45) is 17.8 Å². The van der Waals surface area contributed by atoms with Gasteiger partial charge >= 0.3 is 0 Å². The highest BCUT2D eigenvalue weighted by Crippen LogP contribution is 2.64. The molecule has 2 unspecified atom stereocenters. The number of ether oxygens (including phenoxy) is 3. The first-order valence-electron chi connectivity index (χ1n) is 15.5. The number of hydrogen-bond donors (Lipinski definition) is 3. The summed E-state index contributed by atoms with van der Waals surface area (Å²) in [6.07, 6.45) is 1.61. The second-order valence-corrected chi connectivity index (χ2v) is 12.3. The molecule has 3 N–H and O–H groups in total. The number of aliphatic hydroxyl groups excluding tert-OH is 1. The highest BCUT2D eigenvalue weighted by atomic mass is 16.5. The van der Waals surface area contributed by atoms with Crippen LogP contribution in [-0.4, -0.2) is 109 Å². The Balaban J connectivity index is 1.43. The molecule has 1 aromatic rings. The average molecular weight is 587 g/mol. The van der Waals surface area contributed by atoms with Crippen LogP contribution in [-0.2, 0) is 23.9 Å². The molecule has 232 valence electrons. The summed E-state index contributed by atoms with van der Waals surface area (Å²) < 4.78 is 17.8. The Bertz CT molecular complexity index is 1140. The van der Waals surface area contributed by atoms with Gasteiger partial charge in [0.2, 0.25) is 17.7 Å². The molecule has 3 amide bonds. The van der Waals surface area contributed by atoms with Crippen molar-refractivity contribution in [1.82, 2.24) is 15.1 Å². The first kappa shape index (κ1) is 30.7. The zero-order valence-electron chi connectivity index (χ0n) is 25.3. The Morgan fingerprint density at radius 2 is 1.83 bits per heavy atom. The summed E-state index contributed by atoms with van der Waals surface area (Å²) in [5, 5.41) is 16.5. The van der Waals surface area contributed by atoms with Crippen LogP contribution in [0, 0.1) is 17.8 Å². The van der Waals surface area contributed by atoms with Crippen molar-refractivity contribution in [2.45, 2.75) is 70.2 Å². The quantitative estimate of drug-likeness (QED) is 0.337. The average Bonchev–Trinajstić information content (AvgIpc) is 3.59. The van der Waals surface area contributed by atoms with E-state index in [1.807, 2.05) is 27.7 Å². The molecule has 11 heteroatoms. The maximum absolute atomic E-state index is 14.4. The molecule has 1 aromatic carbocycles. The highest BCUT2D eigenvalue weighted by molar-refractivity contribution is 6.02. The summed E-state index contributed by atoms with van der Waals surface area (Å²) in [6.45, 7) is 12.0. The molecule has 1 spiro atoms. The predicted molar refractivity (Wildman–Crippen MR) is 156 cm³/mol. The number of fused-ring (bicyclic) bond motifs is 1. The molecular weight excluding hydrogens is 540 g/mol. The second kappa shape index (κ2) is 12.5. The lowest BCUT2D eigenvalue weighted by atomic mass is 9.65. The van der Waals surface area contributed by atoms with Gasteiger partial charge in [-0.3, -0.25) is 19.3 Å². The molecule has 6 atom stereocenters. The first-order valence-corrected chi connectivity index (χ1v) is 15.5. The van der Waals surface area contributed by atoms with Gasteiger partial charge in [-0.25, -0.2) is 0 Å². The molecule has 0 aliphatic carbocycles. The van der Waals surface area contributed by atoms with E-state index in [0.29, 0.717) is 63.6 Å². The monoisotopic (exact) mass is 586 g/mol. The number of hydrogen-bond acceptors (Lipinski definition) is 8. The Hall–Kier alpha value is -2.73. The summed E-state index contributed by atoms with van der Waals surface area (Å²) in [6, 6.07) is 5.63. The summed E-state index contributed by atoms with van der Waals surface area (Å²) in [5.41, 5.74) is -1.39. The number of aliphatic hydroxyl groups is 1. The van der Waals surface area contributed by atoms with Gasteiger partial charge < -0.3 is 34.9 Å². The smallest absolute Gasteiger partial charge is 0.245 e. The standard InChI is InChI=1S/C31H46N4O7/c1-5-30-11-12-31(42-30)25(24(30)27(37)33-21-7-9-22(10-8-21)41-6-2)29(39)35(23(19-36)20(3)4)26(31)28(38)32-13-14-34-15-17-40-18-16-34/h7-10,20,23-26,36H,5-6,11-19H2,1-4H3,(H,32,38)(H,33,37)/t23-,24-,25-,26?,30+,31?/m0/s1. The van der Waals surface area contributed by atoms with Gasteiger partial charge in [-0.1, -0.05) is 20.8 Å². The van der Waals surface area contributed by atoms with Crippen LogP contribution in [0.2, 0.25) is 0 Å². The number of carbonyl (C=O) groups is 3. The minimum Gasteiger partial charge on any atom is -0.494 e. The third-order valence-electron chi connectivity index (χ3n) is 9.73. The zero-order chi connectivity index (χ0) is 30.1. The molecule has 0 aromatic heterocycles. The van der Waals surface area contributed by atoms with Gasteiger partial charge in [0.25, 0.3) is 0 Å². The van der Waals surface area contributed by atoms with Crippen LogP contribution < -0.4 is 15.4 Å². The lowest BCUT2D eigenvalue weighted by Gasteiger charge is -2.39. The zero-order valence-corrected chi connectivity index (χ0v) is 25.3. The number of anilines is 1. The van der Waals surface area contributed by atoms with Crippen molar-refractivity contribution >= 4 is 23.4 Å². The van der Waals surface area contributed by atoms with Gasteiger partial charge in [0.1, 0.15) is 17.4 Å². The molecule has 4 aliphatic heterocycles. The largest absolute Gasteiger partial charge is 0.494 e. The minimum absolute atomic E-state index is 0.105. The number of amides is 3. The summed E-state index contributed by atoms with van der Waals surface area (Å²) in [4.78, 5) is 46.2. The van der Waals surface area contributed by atoms with Crippen molar-refractivity contribution in [3.8, 4) is 5.75 Å². The Labute approximate surface area is 248 Å². The van der Waals surface area contributed by atoms with Crippen LogP contribution in [0.1, 0.15) is 47.0 Å². The van der Waals surface area contributed by atoms with Crippen LogP contribution in [0.5, 0.6) is 5.75 Å². The van der Waals surface area contributed by atoms with E-state index in [1.54, 1.807) is 29.2 Å². The van der Waals surface area contributed by atoms with Gasteiger partial charge in [-0.2, -0.15) is 0 Å². The summed E-state index contributed by atoms with van der Waals surface area (Å²) in [7, 11) is 0. The number of rotatable bonds is 12. The minimum atomic E-state index is -1.14. The van der Waals surface area contributed by atoms with Crippen LogP contribution in [0.25, 0.3) is 0 Å². The van der Waals surface area contributed by atoms with Crippen LogP contribution in [0.4, 0.5) is 5.69 Å². The van der Waals surface area contributed by atoms with E-state index in [0.717, 1.165) is 13.1 Å². The Kier molecular flexibility index (Phi) is 9.13. The number of nitrogens with zero attached hydrogens (tertiary/aromatic N) is 2. The van der Waals surface area contributed by atoms with E-state index >= 15 is 0 Å². The first-order chi connectivity index (χ1) is 20.2. The number of morpholine rings is 1. The van der Waals surface area contributed by atoms with Crippen molar-refractivity contribution in [1.29, 1.82) is 0 Å². The predicted octanol–water partition coefficient (Wildman–Crippen LogP) is 1.64. The Morgan fingerprint density at radius 1 is 1.12 bits per heavy atom. The van der Waals surface area contributed by atoms with Gasteiger partial charge in [-0.05, 0) is 56.4 Å². The normalized spacial score (nSPS) is 31.3. The highest BCUT2D eigenvalue weighted by Gasteiger charge is 2.79. The van der Waals surface area contributed by atoms with E-state index in [4.69, 9.17) is 14.2 Å². The van der Waals surface area contributed by atoms with E-state index in [2.05, 4.69) is 15.5 Å². The van der Waals surface area contributed by atoms with Crippen LogP contribution >= 0.6 is 0 Å². The van der Waals surface area contributed by atoms with Crippen molar-refractivity contribution in [3.05, 3.63) is 24.3 Å². The van der Waals surface area contributed by atoms with E-state index in [1.165, 1.54) is 0 Å². The fourth-order valence-electron chi connectivity index (χ4n) is 7.61. The number of nitrogens with one attached hydrogen (secondary N) is 2. The molecule has 4 heterocycles. The maximum Gasteiger partial charge on any atom is 0.245 e. The molecule has 11 nitrogen and oxygen atoms in total. The molecule has 4 aliphatic rings. The fourth-order valence-corrected chi connectivity index (χ4v) is 7.61. The molecular formula is C31H46N4O7. The summed E-state index contributed by atoms with van der Waals surface area (Å²) in [5.74, 6) is -1.87. The fraction of sp³-hybridized carbons (Fsp3) is 0.710. The van der Waals surface area contributed by atoms with Gasteiger partial charge in [0, 0.05) is 31.9 Å². The Morgan fingerprint density at radius 3 is 2.45 bits per heavy atom. The van der Waals surface area contributed by atoms with Crippen LogP contribution in [0.15, 0.2) is 24.3 Å². The molecule has 0 radical (unpaired) electrons. The van der Waals surface area contributed by atoms with E-state index in [9.17, 15) is 19.5 Å². The van der Waals surface area contributed by atoms with Gasteiger partial charge in [0.05, 0.1) is 49.9 Å². The number of likely N-dealkylation sites (tertiary alicyclic amines) is 1. The topological polar surface area (TPSA) is 130 Å². The molecule has 4 fully saturated rings. The molecule has 5 rings (SSSR count). The number of carbonyl (C=O) groups excluding carboxylic acids is 3. The third kappa shape index (κ3) is 5.29. The third-order valence-corrected chi connectivity index (χ3v) is 9.73. The summed E-state index contributed by atoms with van der Waals surface area (Å²) >= 11 is 0. The molecule has 2 bridgehead atoms.